The Labute approximate surface area is 99.8 Å². The summed E-state index contributed by atoms with van der Waals surface area (Å²) in [7, 11) is 0. The molecule has 1 unspecified atom stereocenters. The largest absolute Gasteiger partial charge is 0.480 e. The number of hydrogen-bond donors (Lipinski definition) is 3. The Morgan fingerprint density at radius 2 is 1.94 bits per heavy atom. The van der Waals surface area contributed by atoms with Gasteiger partial charge in [-0.1, -0.05) is 30.3 Å². The summed E-state index contributed by atoms with van der Waals surface area (Å²) in [5, 5.41) is 13.8. The summed E-state index contributed by atoms with van der Waals surface area (Å²) in [5.74, 6) is -1.36. The number of carbonyl (C=O) groups excluding carboxylic acids is 1. The second-order valence-electron chi connectivity index (χ2n) is 3.70. The molecule has 0 saturated heterocycles. The van der Waals surface area contributed by atoms with Gasteiger partial charge in [-0.05, 0) is 12.5 Å². The molecule has 0 aliphatic rings. The zero-order chi connectivity index (χ0) is 12.7. The maximum absolute atomic E-state index is 11.4. The van der Waals surface area contributed by atoms with E-state index in [0.717, 1.165) is 5.56 Å². The minimum Gasteiger partial charge on any atom is -0.480 e. The number of hydrogen-bond acceptors (Lipinski definition) is 3. The van der Waals surface area contributed by atoms with Gasteiger partial charge >= 0.3 is 5.97 Å². The average Bonchev–Trinajstić information content (AvgIpc) is 2.34. The highest BCUT2D eigenvalue weighted by molar-refractivity contribution is 5.84. The number of carbonyl (C=O) groups is 2. The first kappa shape index (κ1) is 13.2. The van der Waals surface area contributed by atoms with E-state index in [1.807, 2.05) is 30.3 Å². The molecule has 1 aromatic rings. The van der Waals surface area contributed by atoms with Gasteiger partial charge in [0.15, 0.2) is 0 Å². The van der Waals surface area contributed by atoms with E-state index in [2.05, 4.69) is 10.6 Å². The van der Waals surface area contributed by atoms with E-state index in [1.54, 1.807) is 6.92 Å². The molecule has 17 heavy (non-hydrogen) atoms. The Morgan fingerprint density at radius 1 is 1.29 bits per heavy atom. The Bertz CT molecular complexity index is 379. The summed E-state index contributed by atoms with van der Waals surface area (Å²) in [5.41, 5.74) is 1.07. The number of amides is 1. The van der Waals surface area contributed by atoms with E-state index < -0.39 is 12.0 Å². The Balaban J connectivity index is 2.31. The van der Waals surface area contributed by atoms with Gasteiger partial charge in [0.05, 0.1) is 6.04 Å². The maximum Gasteiger partial charge on any atom is 0.322 e. The van der Waals surface area contributed by atoms with Crippen molar-refractivity contribution in [1.82, 2.24) is 10.6 Å². The van der Waals surface area contributed by atoms with Crippen molar-refractivity contribution in [3.05, 3.63) is 35.9 Å². The van der Waals surface area contributed by atoms with Crippen LogP contribution in [0.2, 0.25) is 0 Å². The van der Waals surface area contributed by atoms with Gasteiger partial charge in [0.25, 0.3) is 0 Å². The third kappa shape index (κ3) is 5.12. The summed E-state index contributed by atoms with van der Waals surface area (Å²) in [6.07, 6.45) is 0. The van der Waals surface area contributed by atoms with Crippen LogP contribution in [-0.2, 0) is 16.1 Å². The number of carboxylic acid groups (broad SMARTS) is 1. The monoisotopic (exact) mass is 236 g/mol. The fraction of sp³-hybridized carbons (Fsp3) is 0.333. The quantitative estimate of drug-likeness (QED) is 0.666. The number of benzene rings is 1. The van der Waals surface area contributed by atoms with Gasteiger partial charge in [-0.2, -0.15) is 0 Å². The van der Waals surface area contributed by atoms with Crippen LogP contribution < -0.4 is 10.6 Å². The van der Waals surface area contributed by atoms with Crippen molar-refractivity contribution in [1.29, 1.82) is 0 Å². The topological polar surface area (TPSA) is 78.4 Å². The van der Waals surface area contributed by atoms with E-state index in [1.165, 1.54) is 0 Å². The van der Waals surface area contributed by atoms with E-state index in [-0.39, 0.29) is 12.5 Å². The third-order valence-corrected chi connectivity index (χ3v) is 2.26. The van der Waals surface area contributed by atoms with E-state index in [9.17, 15) is 9.59 Å². The summed E-state index contributed by atoms with van der Waals surface area (Å²) < 4.78 is 0. The van der Waals surface area contributed by atoms with Crippen LogP contribution in [-0.4, -0.2) is 29.6 Å². The van der Waals surface area contributed by atoms with Gasteiger partial charge < -0.3 is 15.7 Å². The maximum atomic E-state index is 11.4. The fourth-order valence-electron chi connectivity index (χ4n) is 1.28. The molecule has 92 valence electrons. The van der Waals surface area contributed by atoms with Crippen molar-refractivity contribution in [2.45, 2.75) is 19.5 Å². The van der Waals surface area contributed by atoms with Gasteiger partial charge in [-0.25, -0.2) is 0 Å². The van der Waals surface area contributed by atoms with Gasteiger partial charge in [0.2, 0.25) is 5.91 Å². The second-order valence-corrected chi connectivity index (χ2v) is 3.70. The molecule has 1 rings (SSSR count). The van der Waals surface area contributed by atoms with Crippen molar-refractivity contribution in [3.63, 3.8) is 0 Å². The van der Waals surface area contributed by atoms with E-state index in [0.29, 0.717) is 6.54 Å². The molecule has 0 heterocycles. The predicted molar refractivity (Wildman–Crippen MR) is 63.4 cm³/mol. The lowest BCUT2D eigenvalue weighted by Gasteiger charge is -2.13. The average molecular weight is 236 g/mol. The molecule has 0 bridgehead atoms. The molecule has 5 heteroatoms. The molecule has 0 aliphatic carbocycles. The van der Waals surface area contributed by atoms with Crippen molar-refractivity contribution in [3.8, 4) is 0 Å². The molecule has 0 fully saturated rings. The predicted octanol–water partition coefficient (Wildman–Crippen LogP) is 0.365. The molecule has 1 atom stereocenters. The number of rotatable bonds is 6. The zero-order valence-corrected chi connectivity index (χ0v) is 9.64. The van der Waals surface area contributed by atoms with Crippen LogP contribution in [0.5, 0.6) is 0 Å². The van der Waals surface area contributed by atoms with Gasteiger partial charge in [0.1, 0.15) is 6.54 Å². The molecule has 3 N–H and O–H groups in total. The fourth-order valence-corrected chi connectivity index (χ4v) is 1.28. The molecule has 0 spiro atoms. The lowest BCUT2D eigenvalue weighted by Crippen LogP contribution is -2.43. The summed E-state index contributed by atoms with van der Waals surface area (Å²) >= 11 is 0. The highest BCUT2D eigenvalue weighted by Gasteiger charge is 2.12. The lowest BCUT2D eigenvalue weighted by atomic mass is 10.2. The van der Waals surface area contributed by atoms with Crippen LogP contribution in [0.4, 0.5) is 0 Å². The van der Waals surface area contributed by atoms with E-state index in [4.69, 9.17) is 5.11 Å². The van der Waals surface area contributed by atoms with Gasteiger partial charge in [-0.3, -0.25) is 9.59 Å². The summed E-state index contributed by atoms with van der Waals surface area (Å²) in [6, 6.07) is 9.25. The standard InChI is InChI=1S/C12H16N2O3/c1-9(12(17)14-8-11(15)16)13-7-10-5-3-2-4-6-10/h2-6,9,13H,7-8H2,1H3,(H,14,17)(H,15,16). The van der Waals surface area contributed by atoms with Gasteiger partial charge in [0, 0.05) is 6.54 Å². The van der Waals surface area contributed by atoms with Crippen LogP contribution in [0.25, 0.3) is 0 Å². The van der Waals surface area contributed by atoms with Crippen LogP contribution >= 0.6 is 0 Å². The van der Waals surface area contributed by atoms with Crippen molar-refractivity contribution >= 4 is 11.9 Å². The van der Waals surface area contributed by atoms with Crippen molar-refractivity contribution < 1.29 is 14.7 Å². The van der Waals surface area contributed by atoms with Crippen LogP contribution in [0.1, 0.15) is 12.5 Å². The second kappa shape index (κ2) is 6.65. The van der Waals surface area contributed by atoms with Crippen molar-refractivity contribution in [2.75, 3.05) is 6.54 Å². The first-order valence-electron chi connectivity index (χ1n) is 5.36. The molecule has 0 radical (unpaired) electrons. The molecule has 0 saturated carbocycles. The minimum absolute atomic E-state index is 0.316. The Hall–Kier alpha value is -1.88. The Morgan fingerprint density at radius 3 is 2.53 bits per heavy atom. The van der Waals surface area contributed by atoms with E-state index >= 15 is 0 Å². The van der Waals surface area contributed by atoms with Crippen LogP contribution in [0.3, 0.4) is 0 Å². The molecular formula is C12H16N2O3. The Kier molecular flexibility index (Phi) is 5.16. The molecule has 0 aromatic heterocycles. The highest BCUT2D eigenvalue weighted by Crippen LogP contribution is 1.98. The smallest absolute Gasteiger partial charge is 0.322 e. The molecule has 1 aromatic carbocycles. The third-order valence-electron chi connectivity index (χ3n) is 2.26. The summed E-state index contributed by atoms with van der Waals surface area (Å²) in [6.45, 7) is 1.92. The SMILES string of the molecule is CC(NCc1ccccc1)C(=O)NCC(=O)O. The molecular weight excluding hydrogens is 220 g/mol. The van der Waals surface area contributed by atoms with Gasteiger partial charge in [-0.15, -0.1) is 0 Å². The number of nitrogens with one attached hydrogen (secondary N) is 2. The molecule has 1 amide bonds. The molecule has 5 nitrogen and oxygen atoms in total. The first-order valence-corrected chi connectivity index (χ1v) is 5.36. The number of aliphatic carboxylic acids is 1. The minimum atomic E-state index is -1.05. The molecule has 0 aliphatic heterocycles. The van der Waals surface area contributed by atoms with Crippen LogP contribution in [0.15, 0.2) is 30.3 Å². The first-order chi connectivity index (χ1) is 8.09. The highest BCUT2D eigenvalue weighted by atomic mass is 16.4. The zero-order valence-electron chi connectivity index (χ0n) is 9.64. The normalized spacial score (nSPS) is 11.8. The van der Waals surface area contributed by atoms with Crippen LogP contribution in [0, 0.1) is 0 Å². The number of carboxylic acids is 1. The summed E-state index contributed by atoms with van der Waals surface area (Å²) in [4.78, 5) is 21.7. The van der Waals surface area contributed by atoms with Crippen molar-refractivity contribution in [2.24, 2.45) is 0 Å². The lowest BCUT2D eigenvalue weighted by molar-refractivity contribution is -0.138.